The first-order valence-corrected chi connectivity index (χ1v) is 9.33. The zero-order chi connectivity index (χ0) is 14.6. The van der Waals surface area contributed by atoms with Crippen LogP contribution in [0.2, 0.25) is 5.02 Å². The fourth-order valence-corrected chi connectivity index (χ4v) is 3.91. The largest absolute Gasteiger partial charge is 0.313 e. The van der Waals surface area contributed by atoms with Crippen LogP contribution in [0.1, 0.15) is 6.42 Å². The minimum Gasteiger partial charge on any atom is -0.313 e. The maximum Gasteiger partial charge on any atom is 0.240 e. The van der Waals surface area contributed by atoms with Gasteiger partial charge in [-0.15, -0.1) is 24.2 Å². The molecule has 0 radical (unpaired) electrons. The van der Waals surface area contributed by atoms with Crippen molar-refractivity contribution in [1.29, 1.82) is 0 Å². The van der Waals surface area contributed by atoms with Crippen molar-refractivity contribution in [3.8, 4) is 0 Å². The molecule has 0 aliphatic carbocycles. The van der Waals surface area contributed by atoms with Gasteiger partial charge in [-0.3, -0.25) is 0 Å². The number of hydrogen-bond donors (Lipinski definition) is 2. The van der Waals surface area contributed by atoms with Crippen LogP contribution in [0.25, 0.3) is 0 Å². The number of nitrogens with one attached hydrogen (secondary N) is 2. The summed E-state index contributed by atoms with van der Waals surface area (Å²) in [4.78, 5) is 1.07. The first-order valence-electron chi connectivity index (χ1n) is 6.25. The predicted octanol–water partition coefficient (Wildman–Crippen LogP) is 2.68. The van der Waals surface area contributed by atoms with E-state index < -0.39 is 10.0 Å². The molecule has 8 heteroatoms. The van der Waals surface area contributed by atoms with Crippen LogP contribution in [0.3, 0.4) is 0 Å². The summed E-state index contributed by atoms with van der Waals surface area (Å²) in [6.45, 7) is 2.04. The number of rotatable bonds is 5. The van der Waals surface area contributed by atoms with Gasteiger partial charge in [0.25, 0.3) is 0 Å². The molecular weight excluding hydrogens is 351 g/mol. The van der Waals surface area contributed by atoms with E-state index in [0.29, 0.717) is 11.6 Å². The lowest BCUT2D eigenvalue weighted by Crippen LogP contribution is -2.29. The smallest absolute Gasteiger partial charge is 0.240 e. The number of sulfonamides is 1. The van der Waals surface area contributed by atoms with Gasteiger partial charge in [0.15, 0.2) is 0 Å². The molecule has 1 aliphatic rings. The Morgan fingerprint density at radius 1 is 1.43 bits per heavy atom. The lowest BCUT2D eigenvalue weighted by molar-refractivity contribution is 0.582. The van der Waals surface area contributed by atoms with Crippen molar-refractivity contribution in [1.82, 2.24) is 10.0 Å². The third-order valence-electron chi connectivity index (χ3n) is 3.08. The molecule has 0 amide bonds. The van der Waals surface area contributed by atoms with Crippen molar-refractivity contribution < 1.29 is 8.42 Å². The minimum absolute atomic E-state index is 0. The summed E-state index contributed by atoms with van der Waals surface area (Å²) in [5.74, 6) is 0. The number of hydrogen-bond acceptors (Lipinski definition) is 4. The number of benzene rings is 1. The van der Waals surface area contributed by atoms with E-state index in [9.17, 15) is 8.42 Å². The maximum absolute atomic E-state index is 12.2. The summed E-state index contributed by atoms with van der Waals surface area (Å²) in [6.07, 6.45) is 4.79. The van der Waals surface area contributed by atoms with Crippen molar-refractivity contribution in [2.75, 3.05) is 25.9 Å². The van der Waals surface area contributed by atoms with Gasteiger partial charge in [0.2, 0.25) is 10.0 Å². The fourth-order valence-electron chi connectivity index (χ4n) is 1.92. The molecule has 0 saturated carbocycles. The van der Waals surface area contributed by atoms with E-state index in [2.05, 4.69) is 10.0 Å². The van der Waals surface area contributed by atoms with Crippen LogP contribution in [0, 0.1) is 0 Å². The van der Waals surface area contributed by atoms with Crippen LogP contribution < -0.4 is 10.0 Å². The second kappa shape index (κ2) is 8.41. The average Bonchev–Trinajstić information content (AvgIpc) is 2.46. The van der Waals surface area contributed by atoms with E-state index in [0.717, 1.165) is 30.0 Å². The van der Waals surface area contributed by atoms with Crippen LogP contribution in [0.5, 0.6) is 0 Å². The van der Waals surface area contributed by atoms with Gasteiger partial charge in [0.05, 0.1) is 9.92 Å². The minimum atomic E-state index is -3.51. The molecule has 2 N–H and O–H groups in total. The SMILES string of the molecule is CSc1ccc(S(=O)(=O)NCC2=CCNCC2)cc1Cl.Cl. The van der Waals surface area contributed by atoms with Gasteiger partial charge < -0.3 is 5.32 Å². The molecule has 1 aliphatic heterocycles. The summed E-state index contributed by atoms with van der Waals surface area (Å²) in [5.41, 5.74) is 1.11. The van der Waals surface area contributed by atoms with Crippen LogP contribution in [-0.2, 0) is 10.0 Å². The molecular formula is C13H18Cl2N2O2S2. The molecule has 1 aromatic carbocycles. The summed E-state index contributed by atoms with van der Waals surface area (Å²) in [6, 6.07) is 4.80. The molecule has 0 spiro atoms. The third-order valence-corrected chi connectivity index (χ3v) is 5.70. The molecule has 2 rings (SSSR count). The Morgan fingerprint density at radius 2 is 2.19 bits per heavy atom. The topological polar surface area (TPSA) is 58.2 Å². The van der Waals surface area contributed by atoms with Crippen molar-refractivity contribution in [3.63, 3.8) is 0 Å². The molecule has 21 heavy (non-hydrogen) atoms. The van der Waals surface area contributed by atoms with E-state index in [4.69, 9.17) is 11.6 Å². The first-order chi connectivity index (χ1) is 9.53. The molecule has 0 atom stereocenters. The van der Waals surface area contributed by atoms with Gasteiger partial charge in [-0.25, -0.2) is 13.1 Å². The van der Waals surface area contributed by atoms with Crippen LogP contribution in [0.4, 0.5) is 0 Å². The summed E-state index contributed by atoms with van der Waals surface area (Å²) >= 11 is 7.54. The highest BCUT2D eigenvalue weighted by Gasteiger charge is 2.16. The Kier molecular flexibility index (Phi) is 7.53. The average molecular weight is 369 g/mol. The van der Waals surface area contributed by atoms with Crippen LogP contribution >= 0.6 is 35.8 Å². The van der Waals surface area contributed by atoms with E-state index in [1.165, 1.54) is 17.8 Å². The Morgan fingerprint density at radius 3 is 2.76 bits per heavy atom. The monoisotopic (exact) mass is 368 g/mol. The predicted molar refractivity (Wildman–Crippen MR) is 91.2 cm³/mol. The molecule has 0 fully saturated rings. The maximum atomic E-state index is 12.2. The van der Waals surface area contributed by atoms with Gasteiger partial charge in [-0.05, 0) is 37.4 Å². The van der Waals surface area contributed by atoms with Crippen molar-refractivity contribution in [2.45, 2.75) is 16.2 Å². The van der Waals surface area contributed by atoms with Gasteiger partial charge in [0, 0.05) is 18.0 Å². The summed E-state index contributed by atoms with van der Waals surface area (Å²) in [7, 11) is -3.51. The lowest BCUT2D eigenvalue weighted by Gasteiger charge is -2.15. The molecule has 4 nitrogen and oxygen atoms in total. The molecule has 0 aromatic heterocycles. The van der Waals surface area contributed by atoms with Crippen LogP contribution in [0.15, 0.2) is 39.6 Å². The van der Waals surface area contributed by atoms with Crippen molar-refractivity contribution >= 4 is 45.8 Å². The highest BCUT2D eigenvalue weighted by Crippen LogP contribution is 2.27. The Hall–Kier alpha value is -0.240. The summed E-state index contributed by atoms with van der Waals surface area (Å²) < 4.78 is 27.0. The Labute approximate surface area is 141 Å². The Balaban J connectivity index is 0.00000220. The third kappa shape index (κ3) is 5.16. The standard InChI is InChI=1S/C13H17ClN2O2S2.ClH/c1-19-13-3-2-11(8-12(13)14)20(17,18)16-9-10-4-6-15-7-5-10;/h2-4,8,15-16H,5-7,9H2,1H3;1H. The van der Waals surface area contributed by atoms with E-state index in [1.54, 1.807) is 12.1 Å². The molecule has 1 aromatic rings. The highest BCUT2D eigenvalue weighted by molar-refractivity contribution is 7.98. The zero-order valence-electron chi connectivity index (χ0n) is 11.6. The van der Waals surface area contributed by atoms with E-state index >= 15 is 0 Å². The molecule has 118 valence electrons. The summed E-state index contributed by atoms with van der Waals surface area (Å²) in [5, 5.41) is 3.65. The number of thioether (sulfide) groups is 1. The Bertz CT molecular complexity index is 619. The molecule has 0 bridgehead atoms. The molecule has 0 saturated heterocycles. The van der Waals surface area contributed by atoms with E-state index in [-0.39, 0.29) is 17.3 Å². The van der Waals surface area contributed by atoms with Crippen LogP contribution in [-0.4, -0.2) is 34.3 Å². The van der Waals surface area contributed by atoms with Gasteiger partial charge in [-0.1, -0.05) is 23.3 Å². The highest BCUT2D eigenvalue weighted by atomic mass is 35.5. The normalized spacial score (nSPS) is 15.2. The quantitative estimate of drug-likeness (QED) is 0.619. The second-order valence-corrected chi connectivity index (χ2v) is 7.46. The molecule has 1 heterocycles. The van der Waals surface area contributed by atoms with Crippen molar-refractivity contribution in [2.24, 2.45) is 0 Å². The zero-order valence-corrected chi connectivity index (χ0v) is 14.8. The molecule has 0 unspecified atom stereocenters. The fraction of sp³-hybridized carbons (Fsp3) is 0.385. The second-order valence-electron chi connectivity index (χ2n) is 4.44. The van der Waals surface area contributed by atoms with Crippen molar-refractivity contribution in [3.05, 3.63) is 34.9 Å². The number of halogens is 2. The first kappa shape index (κ1) is 18.8. The van der Waals surface area contributed by atoms with Gasteiger partial charge in [0.1, 0.15) is 0 Å². The van der Waals surface area contributed by atoms with Gasteiger partial charge >= 0.3 is 0 Å². The lowest BCUT2D eigenvalue weighted by atomic mass is 10.1. The van der Waals surface area contributed by atoms with E-state index in [1.807, 2.05) is 12.3 Å². The van der Waals surface area contributed by atoms with Gasteiger partial charge in [-0.2, -0.15) is 0 Å².